The Balaban J connectivity index is 1.66. The standard InChI is InChI=1S/C27H29N3OS/c1-4-20-13-15-23(16-14-20)25(30(2)3)18-29-27(31)24-7-5-6-8-26(24)32-19-22-11-9-21(17-28)10-12-22/h5-16,25H,4,18-19H2,1-3H3,(H,29,31). The molecule has 1 unspecified atom stereocenters. The fourth-order valence-electron chi connectivity index (χ4n) is 3.48. The molecule has 4 nitrogen and oxygen atoms in total. The van der Waals surface area contributed by atoms with Gasteiger partial charge in [-0.2, -0.15) is 5.26 Å². The van der Waals surface area contributed by atoms with Crippen LogP contribution in [-0.2, 0) is 12.2 Å². The van der Waals surface area contributed by atoms with Gasteiger partial charge in [0.2, 0.25) is 0 Å². The predicted octanol–water partition coefficient (Wildman–Crippen LogP) is 5.45. The summed E-state index contributed by atoms with van der Waals surface area (Å²) in [5, 5.41) is 12.1. The van der Waals surface area contributed by atoms with Gasteiger partial charge in [-0.15, -0.1) is 11.8 Å². The molecule has 3 aromatic carbocycles. The highest BCUT2D eigenvalue weighted by Crippen LogP contribution is 2.27. The van der Waals surface area contributed by atoms with Gasteiger partial charge in [0.25, 0.3) is 5.91 Å². The lowest BCUT2D eigenvalue weighted by molar-refractivity contribution is 0.0939. The van der Waals surface area contributed by atoms with Crippen LogP contribution in [0.15, 0.2) is 77.7 Å². The Bertz CT molecular complexity index is 1070. The number of rotatable bonds is 9. The average Bonchev–Trinajstić information content (AvgIpc) is 2.83. The van der Waals surface area contributed by atoms with Crippen molar-refractivity contribution in [2.24, 2.45) is 0 Å². The topological polar surface area (TPSA) is 56.1 Å². The molecule has 164 valence electrons. The normalized spacial score (nSPS) is 11.7. The zero-order valence-corrected chi connectivity index (χ0v) is 19.7. The van der Waals surface area contributed by atoms with Gasteiger partial charge in [0.1, 0.15) is 0 Å². The van der Waals surface area contributed by atoms with E-state index in [0.29, 0.717) is 17.7 Å². The quantitative estimate of drug-likeness (QED) is 0.447. The third-order valence-electron chi connectivity index (χ3n) is 5.46. The number of hydrogen-bond acceptors (Lipinski definition) is 4. The molecule has 0 heterocycles. The highest BCUT2D eigenvalue weighted by Gasteiger charge is 2.17. The third-order valence-corrected chi connectivity index (χ3v) is 6.61. The van der Waals surface area contributed by atoms with Gasteiger partial charge < -0.3 is 10.2 Å². The first-order chi connectivity index (χ1) is 15.5. The second-order valence-corrected chi connectivity index (χ2v) is 8.90. The van der Waals surface area contributed by atoms with Crippen molar-refractivity contribution in [1.29, 1.82) is 5.26 Å². The van der Waals surface area contributed by atoms with Gasteiger partial charge >= 0.3 is 0 Å². The maximum absolute atomic E-state index is 13.0. The molecule has 3 rings (SSSR count). The lowest BCUT2D eigenvalue weighted by Gasteiger charge is -2.25. The van der Waals surface area contributed by atoms with Crippen molar-refractivity contribution >= 4 is 17.7 Å². The summed E-state index contributed by atoms with van der Waals surface area (Å²) < 4.78 is 0. The van der Waals surface area contributed by atoms with E-state index in [1.165, 1.54) is 11.1 Å². The number of benzene rings is 3. The van der Waals surface area contributed by atoms with Crippen molar-refractivity contribution < 1.29 is 4.79 Å². The number of carbonyl (C=O) groups excluding carboxylic acids is 1. The molecule has 0 bridgehead atoms. The van der Waals surface area contributed by atoms with Crippen LogP contribution in [0.2, 0.25) is 0 Å². The number of nitriles is 1. The molecule has 1 amide bonds. The van der Waals surface area contributed by atoms with Gasteiger partial charge in [-0.1, -0.05) is 55.5 Å². The van der Waals surface area contributed by atoms with Crippen molar-refractivity contribution in [3.05, 3.63) is 101 Å². The number of carbonyl (C=O) groups is 1. The lowest BCUT2D eigenvalue weighted by atomic mass is 10.0. The molecule has 0 fully saturated rings. The van der Waals surface area contributed by atoms with Crippen molar-refractivity contribution in [2.75, 3.05) is 20.6 Å². The smallest absolute Gasteiger partial charge is 0.252 e. The Hall–Kier alpha value is -3.07. The summed E-state index contributed by atoms with van der Waals surface area (Å²) in [6.07, 6.45) is 1.01. The Morgan fingerprint density at radius 2 is 1.66 bits per heavy atom. The van der Waals surface area contributed by atoms with Gasteiger partial charge in [0.05, 0.1) is 23.2 Å². The zero-order chi connectivity index (χ0) is 22.9. The van der Waals surface area contributed by atoms with Crippen LogP contribution in [0.3, 0.4) is 0 Å². The highest BCUT2D eigenvalue weighted by molar-refractivity contribution is 7.98. The highest BCUT2D eigenvalue weighted by atomic mass is 32.2. The molecule has 0 spiro atoms. The Labute approximate surface area is 195 Å². The molecule has 0 saturated carbocycles. The van der Waals surface area contributed by atoms with E-state index < -0.39 is 0 Å². The molecule has 32 heavy (non-hydrogen) atoms. The molecule has 0 aliphatic carbocycles. The Kier molecular flexibility index (Phi) is 8.49. The SMILES string of the molecule is CCc1ccc(C(CNC(=O)c2ccccc2SCc2ccc(C#N)cc2)N(C)C)cc1. The van der Waals surface area contributed by atoms with Gasteiger partial charge in [-0.05, 0) is 61.5 Å². The van der Waals surface area contributed by atoms with E-state index in [4.69, 9.17) is 5.26 Å². The number of likely N-dealkylation sites (N-methyl/N-ethyl adjacent to an activating group) is 1. The minimum atomic E-state index is -0.0649. The fraction of sp³-hybridized carbons (Fsp3) is 0.259. The number of amides is 1. The summed E-state index contributed by atoms with van der Waals surface area (Å²) in [5.41, 5.74) is 4.95. The van der Waals surface area contributed by atoms with Crippen molar-refractivity contribution in [2.45, 2.75) is 30.0 Å². The van der Waals surface area contributed by atoms with E-state index in [1.807, 2.05) is 62.6 Å². The molecule has 0 radical (unpaired) electrons. The van der Waals surface area contributed by atoms with Crippen LogP contribution in [0.4, 0.5) is 0 Å². The summed E-state index contributed by atoms with van der Waals surface area (Å²) in [6, 6.07) is 26.1. The van der Waals surface area contributed by atoms with E-state index in [0.717, 1.165) is 22.6 Å². The first-order valence-corrected chi connectivity index (χ1v) is 11.7. The van der Waals surface area contributed by atoms with Crippen LogP contribution in [0.25, 0.3) is 0 Å². The van der Waals surface area contributed by atoms with E-state index in [9.17, 15) is 4.79 Å². The molecule has 5 heteroatoms. The fourth-order valence-corrected chi connectivity index (χ4v) is 4.48. The van der Waals surface area contributed by atoms with E-state index in [2.05, 4.69) is 47.5 Å². The average molecular weight is 444 g/mol. The maximum Gasteiger partial charge on any atom is 0.252 e. The van der Waals surface area contributed by atoms with Crippen LogP contribution < -0.4 is 5.32 Å². The van der Waals surface area contributed by atoms with Gasteiger partial charge in [0.15, 0.2) is 0 Å². The first kappa shape index (κ1) is 23.6. The minimum Gasteiger partial charge on any atom is -0.350 e. The number of aryl methyl sites for hydroxylation is 1. The second kappa shape index (κ2) is 11.5. The number of thioether (sulfide) groups is 1. The van der Waals surface area contributed by atoms with Crippen molar-refractivity contribution in [3.63, 3.8) is 0 Å². The molecular weight excluding hydrogens is 414 g/mol. The van der Waals surface area contributed by atoms with E-state index >= 15 is 0 Å². The van der Waals surface area contributed by atoms with Crippen LogP contribution >= 0.6 is 11.8 Å². The van der Waals surface area contributed by atoms with Crippen LogP contribution in [0, 0.1) is 11.3 Å². The van der Waals surface area contributed by atoms with Crippen LogP contribution in [-0.4, -0.2) is 31.4 Å². The van der Waals surface area contributed by atoms with Gasteiger partial charge in [-0.25, -0.2) is 0 Å². The predicted molar refractivity (Wildman–Crippen MR) is 132 cm³/mol. The minimum absolute atomic E-state index is 0.0649. The third kappa shape index (κ3) is 6.23. The van der Waals surface area contributed by atoms with Gasteiger partial charge in [0, 0.05) is 17.2 Å². The molecule has 1 N–H and O–H groups in total. The van der Waals surface area contributed by atoms with Crippen molar-refractivity contribution in [3.8, 4) is 6.07 Å². The summed E-state index contributed by atoms with van der Waals surface area (Å²) in [7, 11) is 4.07. The molecule has 0 saturated heterocycles. The lowest BCUT2D eigenvalue weighted by Crippen LogP contribution is -2.34. The van der Waals surface area contributed by atoms with Crippen molar-refractivity contribution in [1.82, 2.24) is 10.2 Å². The zero-order valence-electron chi connectivity index (χ0n) is 18.8. The molecular formula is C27H29N3OS. The number of nitrogens with zero attached hydrogens (tertiary/aromatic N) is 2. The maximum atomic E-state index is 13.0. The van der Waals surface area contributed by atoms with E-state index in [-0.39, 0.29) is 11.9 Å². The summed E-state index contributed by atoms with van der Waals surface area (Å²) in [6.45, 7) is 2.68. The monoisotopic (exact) mass is 443 g/mol. The molecule has 1 atom stereocenters. The Morgan fingerprint density at radius 1 is 1.00 bits per heavy atom. The molecule has 0 aliphatic heterocycles. The van der Waals surface area contributed by atoms with Crippen LogP contribution in [0.1, 0.15) is 45.6 Å². The molecule has 0 aliphatic rings. The Morgan fingerprint density at radius 3 is 2.28 bits per heavy atom. The summed E-state index contributed by atoms with van der Waals surface area (Å²) >= 11 is 1.63. The summed E-state index contributed by atoms with van der Waals surface area (Å²) in [4.78, 5) is 16.1. The first-order valence-electron chi connectivity index (χ1n) is 10.8. The molecule has 0 aromatic heterocycles. The second-order valence-electron chi connectivity index (χ2n) is 7.88. The van der Waals surface area contributed by atoms with Gasteiger partial charge in [-0.3, -0.25) is 4.79 Å². The van der Waals surface area contributed by atoms with E-state index in [1.54, 1.807) is 11.8 Å². The largest absolute Gasteiger partial charge is 0.350 e. The summed E-state index contributed by atoms with van der Waals surface area (Å²) in [5.74, 6) is 0.671. The van der Waals surface area contributed by atoms with Crippen LogP contribution in [0.5, 0.6) is 0 Å². The number of nitrogens with one attached hydrogen (secondary N) is 1. The molecule has 3 aromatic rings. The number of hydrogen-bond donors (Lipinski definition) is 1.